The van der Waals surface area contributed by atoms with Crippen molar-refractivity contribution in [2.24, 2.45) is 5.92 Å². The average molecular weight is 427 g/mol. The van der Waals surface area contributed by atoms with Gasteiger partial charge >= 0.3 is 0 Å². The lowest BCUT2D eigenvalue weighted by Crippen LogP contribution is -2.50. The Morgan fingerprint density at radius 2 is 1.96 bits per heavy atom. The Morgan fingerprint density at radius 1 is 1.15 bits per heavy atom. The van der Waals surface area contributed by atoms with E-state index in [4.69, 9.17) is 13.9 Å². The molecule has 2 aromatic carbocycles. The lowest BCUT2D eigenvalue weighted by atomic mass is 9.70. The van der Waals surface area contributed by atoms with E-state index in [0.29, 0.717) is 29.1 Å². The minimum absolute atomic E-state index is 0.0180. The average Bonchev–Trinajstić information content (AvgIpc) is 2.60. The monoisotopic (exact) mass is 426 g/mol. The van der Waals surface area contributed by atoms with Crippen molar-refractivity contribution in [2.45, 2.75) is 32.3 Å². The molecule has 0 saturated heterocycles. The number of hydrogen-bond donors (Lipinski definition) is 0. The third-order valence-electron chi connectivity index (χ3n) is 5.74. The molecule has 0 N–H and O–H groups in total. The van der Waals surface area contributed by atoms with Crippen LogP contribution >= 0.6 is 15.9 Å². The summed E-state index contributed by atoms with van der Waals surface area (Å²) in [4.78, 5) is 13.4. The zero-order valence-corrected chi connectivity index (χ0v) is 16.9. The lowest BCUT2D eigenvalue weighted by Gasteiger charge is -2.46. The van der Waals surface area contributed by atoms with Gasteiger partial charge in [0.15, 0.2) is 0 Å². The highest BCUT2D eigenvalue weighted by Gasteiger charge is 2.50. The summed E-state index contributed by atoms with van der Waals surface area (Å²) in [5.74, 6) is 1.03. The SMILES string of the molecule is Cc1ccc2c(=O)c3c(oc2c1)OC(C)(C)[C@@H]1COc2cc(Br)ccc2[C@H]31. The highest BCUT2D eigenvalue weighted by Crippen LogP contribution is 2.52. The Bertz CT molecular complexity index is 1140. The predicted molar refractivity (Wildman–Crippen MR) is 107 cm³/mol. The molecule has 27 heavy (non-hydrogen) atoms. The van der Waals surface area contributed by atoms with Crippen LogP contribution in [0.4, 0.5) is 0 Å². The molecule has 0 fully saturated rings. The number of rotatable bonds is 0. The first kappa shape index (κ1) is 16.9. The maximum Gasteiger partial charge on any atom is 0.293 e. The molecule has 5 heteroatoms. The highest BCUT2D eigenvalue weighted by atomic mass is 79.9. The molecule has 5 rings (SSSR count). The molecule has 3 aromatic rings. The maximum absolute atomic E-state index is 13.4. The lowest BCUT2D eigenvalue weighted by molar-refractivity contribution is -0.0318. The second kappa shape index (κ2) is 5.61. The van der Waals surface area contributed by atoms with Crippen LogP contribution in [0, 0.1) is 12.8 Å². The van der Waals surface area contributed by atoms with Gasteiger partial charge in [-0.3, -0.25) is 4.79 Å². The van der Waals surface area contributed by atoms with Crippen molar-refractivity contribution in [1.82, 2.24) is 0 Å². The van der Waals surface area contributed by atoms with Crippen LogP contribution in [0.5, 0.6) is 11.7 Å². The van der Waals surface area contributed by atoms with Crippen LogP contribution in [0.1, 0.15) is 36.5 Å². The van der Waals surface area contributed by atoms with Gasteiger partial charge in [0.2, 0.25) is 5.43 Å². The summed E-state index contributed by atoms with van der Waals surface area (Å²) < 4.78 is 19.3. The van der Waals surface area contributed by atoms with Gasteiger partial charge in [-0.15, -0.1) is 0 Å². The summed E-state index contributed by atoms with van der Waals surface area (Å²) in [6.45, 7) is 6.53. The first-order chi connectivity index (χ1) is 12.8. The van der Waals surface area contributed by atoms with Crippen molar-refractivity contribution in [3.63, 3.8) is 0 Å². The first-order valence-corrected chi connectivity index (χ1v) is 9.83. The van der Waals surface area contributed by atoms with Crippen molar-refractivity contribution in [3.05, 3.63) is 67.8 Å². The minimum Gasteiger partial charge on any atom is -0.493 e. The number of fused-ring (bicyclic) bond motifs is 6. The van der Waals surface area contributed by atoms with Gasteiger partial charge in [-0.25, -0.2) is 0 Å². The predicted octanol–water partition coefficient (Wildman–Crippen LogP) is 5.18. The zero-order chi connectivity index (χ0) is 18.9. The van der Waals surface area contributed by atoms with E-state index < -0.39 is 5.60 Å². The molecule has 0 saturated carbocycles. The van der Waals surface area contributed by atoms with E-state index in [-0.39, 0.29) is 17.3 Å². The van der Waals surface area contributed by atoms with Gasteiger partial charge in [0.1, 0.15) is 16.9 Å². The normalized spacial score (nSPS) is 22.2. The van der Waals surface area contributed by atoms with Crippen molar-refractivity contribution in [2.75, 3.05) is 6.61 Å². The summed E-state index contributed by atoms with van der Waals surface area (Å²) in [6.07, 6.45) is 0. The second-order valence-corrected chi connectivity index (χ2v) is 8.83. The molecule has 4 nitrogen and oxygen atoms in total. The molecule has 2 aliphatic rings. The minimum atomic E-state index is -0.518. The fraction of sp³-hybridized carbons (Fsp3) is 0.318. The van der Waals surface area contributed by atoms with E-state index in [1.54, 1.807) is 0 Å². The Morgan fingerprint density at radius 3 is 2.78 bits per heavy atom. The van der Waals surface area contributed by atoms with E-state index in [2.05, 4.69) is 15.9 Å². The van der Waals surface area contributed by atoms with E-state index >= 15 is 0 Å². The molecule has 2 atom stereocenters. The van der Waals surface area contributed by atoms with Gasteiger partial charge in [0.25, 0.3) is 5.95 Å². The molecular weight excluding hydrogens is 408 g/mol. The van der Waals surface area contributed by atoms with Crippen molar-refractivity contribution < 1.29 is 13.9 Å². The molecule has 0 radical (unpaired) electrons. The van der Waals surface area contributed by atoms with Gasteiger partial charge in [-0.1, -0.05) is 28.1 Å². The summed E-state index contributed by atoms with van der Waals surface area (Å²) >= 11 is 3.50. The topological polar surface area (TPSA) is 48.7 Å². The molecule has 2 aliphatic heterocycles. The molecule has 0 amide bonds. The Kier molecular flexibility index (Phi) is 3.51. The smallest absolute Gasteiger partial charge is 0.293 e. The van der Waals surface area contributed by atoms with Gasteiger partial charge in [0.05, 0.1) is 17.6 Å². The van der Waals surface area contributed by atoms with Crippen LogP contribution in [0.2, 0.25) is 0 Å². The Balaban J connectivity index is 1.84. The molecule has 3 heterocycles. The first-order valence-electron chi connectivity index (χ1n) is 9.04. The van der Waals surface area contributed by atoms with Crippen LogP contribution < -0.4 is 14.9 Å². The van der Waals surface area contributed by atoms with E-state index in [0.717, 1.165) is 21.3 Å². The largest absolute Gasteiger partial charge is 0.493 e. The van der Waals surface area contributed by atoms with Crippen LogP contribution in [0.25, 0.3) is 11.0 Å². The summed E-state index contributed by atoms with van der Waals surface area (Å²) in [5, 5.41) is 0.589. The summed E-state index contributed by atoms with van der Waals surface area (Å²) in [5.41, 5.74) is 2.67. The molecule has 0 spiro atoms. The number of benzene rings is 2. The van der Waals surface area contributed by atoms with Gasteiger partial charge in [-0.05, 0) is 50.6 Å². The number of hydrogen-bond acceptors (Lipinski definition) is 4. The van der Waals surface area contributed by atoms with E-state index in [9.17, 15) is 4.79 Å². The number of aryl methyl sites for hydroxylation is 1. The third-order valence-corrected chi connectivity index (χ3v) is 6.23. The van der Waals surface area contributed by atoms with Gasteiger partial charge in [-0.2, -0.15) is 0 Å². The molecule has 0 unspecified atom stereocenters. The molecule has 0 bridgehead atoms. The van der Waals surface area contributed by atoms with Crippen molar-refractivity contribution in [3.8, 4) is 11.7 Å². The van der Waals surface area contributed by atoms with Crippen LogP contribution in [0.15, 0.2) is 50.1 Å². The van der Waals surface area contributed by atoms with Crippen LogP contribution in [-0.2, 0) is 0 Å². The second-order valence-electron chi connectivity index (χ2n) is 7.91. The molecule has 0 aliphatic carbocycles. The molecular formula is C22H19BrO4. The molecule has 1 aromatic heterocycles. The standard InChI is InChI=1S/C22H19BrO4/c1-11-4-6-14-17(8-11)26-21-19(20(14)24)18-13-7-5-12(23)9-16(13)25-10-15(18)22(2,3)27-21/h4-9,15,18H,10H2,1-3H3/t15-,18+/m1/s1. The van der Waals surface area contributed by atoms with Crippen molar-refractivity contribution in [1.29, 1.82) is 0 Å². The maximum atomic E-state index is 13.4. The number of ether oxygens (including phenoxy) is 2. The fourth-order valence-corrected chi connectivity index (χ4v) is 4.63. The van der Waals surface area contributed by atoms with E-state index in [1.165, 1.54) is 0 Å². The van der Waals surface area contributed by atoms with Crippen LogP contribution in [0.3, 0.4) is 0 Å². The fourth-order valence-electron chi connectivity index (χ4n) is 4.29. The third kappa shape index (κ3) is 2.44. The highest BCUT2D eigenvalue weighted by molar-refractivity contribution is 9.10. The van der Waals surface area contributed by atoms with Crippen molar-refractivity contribution >= 4 is 26.9 Å². The quantitative estimate of drug-likeness (QED) is 0.497. The van der Waals surface area contributed by atoms with Gasteiger partial charge in [0, 0.05) is 21.9 Å². The van der Waals surface area contributed by atoms with Crippen LogP contribution in [-0.4, -0.2) is 12.2 Å². The van der Waals surface area contributed by atoms with Gasteiger partial charge < -0.3 is 13.9 Å². The van der Waals surface area contributed by atoms with E-state index in [1.807, 2.05) is 57.2 Å². The Labute approximate surface area is 165 Å². The zero-order valence-electron chi connectivity index (χ0n) is 15.3. The summed E-state index contributed by atoms with van der Waals surface area (Å²) in [6, 6.07) is 11.6. The summed E-state index contributed by atoms with van der Waals surface area (Å²) in [7, 11) is 0. The Hall–Kier alpha value is -2.27. The number of halogens is 1. The molecule has 138 valence electrons.